The van der Waals surface area contributed by atoms with Gasteiger partial charge in [-0.25, -0.2) is 0 Å². The molecule has 0 aliphatic heterocycles. The van der Waals surface area contributed by atoms with Gasteiger partial charge in [-0.05, 0) is 68.1 Å². The van der Waals surface area contributed by atoms with Crippen molar-refractivity contribution < 1.29 is 15.3 Å². The van der Waals surface area contributed by atoms with Crippen LogP contribution in [0.25, 0.3) is 0 Å². The standard InChI is InChI=1S/C20H34O3/c1-12(2)14-5-7-19(3)10-15-13(11-21)9-17(22)18(15)20(4,23)8-6-16(14)19/h6,12-15,17-18,21-23H,5,7-11H2,1-4H3. The summed E-state index contributed by atoms with van der Waals surface area (Å²) in [5, 5.41) is 31.4. The molecule has 0 saturated heterocycles. The summed E-state index contributed by atoms with van der Waals surface area (Å²) in [4.78, 5) is 0. The normalized spacial score (nSPS) is 50.3. The highest BCUT2D eigenvalue weighted by molar-refractivity contribution is 5.26. The van der Waals surface area contributed by atoms with Crippen molar-refractivity contribution in [2.45, 2.75) is 71.5 Å². The third kappa shape index (κ3) is 2.79. The number of rotatable bonds is 2. The highest BCUT2D eigenvalue weighted by Gasteiger charge is 2.55. The van der Waals surface area contributed by atoms with E-state index in [4.69, 9.17) is 0 Å². The molecule has 7 atom stereocenters. The van der Waals surface area contributed by atoms with Gasteiger partial charge in [0.05, 0.1) is 11.7 Å². The van der Waals surface area contributed by atoms with Gasteiger partial charge in [0.25, 0.3) is 0 Å². The average Bonchev–Trinajstić information content (AvgIpc) is 2.93. The van der Waals surface area contributed by atoms with Crippen molar-refractivity contribution in [3.8, 4) is 0 Å². The first-order valence-corrected chi connectivity index (χ1v) is 9.41. The Balaban J connectivity index is 2.01. The van der Waals surface area contributed by atoms with Crippen molar-refractivity contribution in [3.63, 3.8) is 0 Å². The van der Waals surface area contributed by atoms with E-state index in [-0.39, 0.29) is 29.8 Å². The molecule has 3 aliphatic rings. The molecular formula is C20H34O3. The molecular weight excluding hydrogens is 288 g/mol. The molecule has 23 heavy (non-hydrogen) atoms. The second-order valence-electron chi connectivity index (χ2n) is 9.31. The van der Waals surface area contributed by atoms with Gasteiger partial charge in [-0.3, -0.25) is 0 Å². The second-order valence-corrected chi connectivity index (χ2v) is 9.31. The van der Waals surface area contributed by atoms with Crippen LogP contribution < -0.4 is 0 Å². The third-order valence-corrected chi connectivity index (χ3v) is 7.31. The molecule has 3 N–H and O–H groups in total. The first-order chi connectivity index (χ1) is 10.7. The molecule has 3 aliphatic carbocycles. The van der Waals surface area contributed by atoms with E-state index < -0.39 is 11.7 Å². The molecule has 0 heterocycles. The quantitative estimate of drug-likeness (QED) is 0.685. The van der Waals surface area contributed by atoms with Crippen LogP contribution in [0.1, 0.15) is 59.8 Å². The number of aliphatic hydroxyl groups excluding tert-OH is 2. The number of aliphatic hydroxyl groups is 3. The molecule has 0 aromatic heterocycles. The lowest BCUT2D eigenvalue weighted by Gasteiger charge is -2.43. The molecule has 3 heteroatoms. The summed E-state index contributed by atoms with van der Waals surface area (Å²) in [5.41, 5.74) is 0.822. The van der Waals surface area contributed by atoms with Crippen molar-refractivity contribution in [1.29, 1.82) is 0 Å². The average molecular weight is 322 g/mol. The van der Waals surface area contributed by atoms with Crippen LogP contribution in [0.5, 0.6) is 0 Å². The maximum atomic E-state index is 11.1. The summed E-state index contributed by atoms with van der Waals surface area (Å²) >= 11 is 0. The van der Waals surface area contributed by atoms with E-state index in [1.165, 1.54) is 18.4 Å². The molecule has 2 fully saturated rings. The monoisotopic (exact) mass is 322 g/mol. The lowest BCUT2D eigenvalue weighted by molar-refractivity contribution is -0.0709. The predicted molar refractivity (Wildman–Crippen MR) is 91.8 cm³/mol. The fourth-order valence-corrected chi connectivity index (χ4v) is 6.09. The van der Waals surface area contributed by atoms with Crippen molar-refractivity contribution in [2.24, 2.45) is 35.0 Å². The van der Waals surface area contributed by atoms with Gasteiger partial charge in [0.15, 0.2) is 0 Å². The Bertz CT molecular complexity index is 481. The molecule has 0 radical (unpaired) electrons. The van der Waals surface area contributed by atoms with Crippen LogP contribution >= 0.6 is 0 Å². The molecule has 3 nitrogen and oxygen atoms in total. The molecule has 3 rings (SSSR count). The zero-order chi connectivity index (χ0) is 17.0. The van der Waals surface area contributed by atoms with Gasteiger partial charge < -0.3 is 15.3 Å². The molecule has 2 saturated carbocycles. The maximum absolute atomic E-state index is 11.1. The van der Waals surface area contributed by atoms with Crippen LogP contribution in [0.2, 0.25) is 0 Å². The highest BCUT2D eigenvalue weighted by Crippen LogP contribution is 2.58. The summed E-state index contributed by atoms with van der Waals surface area (Å²) in [5.74, 6) is 1.46. The minimum Gasteiger partial charge on any atom is -0.396 e. The number of hydrogen-bond acceptors (Lipinski definition) is 3. The summed E-state index contributed by atoms with van der Waals surface area (Å²) in [7, 11) is 0. The summed E-state index contributed by atoms with van der Waals surface area (Å²) < 4.78 is 0. The van der Waals surface area contributed by atoms with Crippen LogP contribution in [-0.2, 0) is 0 Å². The predicted octanol–water partition coefficient (Wildman–Crippen LogP) is 3.14. The number of hydrogen-bond donors (Lipinski definition) is 3. The molecule has 0 aromatic rings. The fourth-order valence-electron chi connectivity index (χ4n) is 6.09. The van der Waals surface area contributed by atoms with E-state index in [1.807, 2.05) is 6.92 Å². The van der Waals surface area contributed by atoms with Crippen molar-refractivity contribution in [3.05, 3.63) is 11.6 Å². The largest absolute Gasteiger partial charge is 0.396 e. The van der Waals surface area contributed by atoms with Crippen LogP contribution in [0.4, 0.5) is 0 Å². The molecule has 0 spiro atoms. The summed E-state index contributed by atoms with van der Waals surface area (Å²) in [6, 6.07) is 0. The third-order valence-electron chi connectivity index (χ3n) is 7.31. The van der Waals surface area contributed by atoms with Crippen LogP contribution in [0.15, 0.2) is 11.6 Å². The van der Waals surface area contributed by atoms with Gasteiger partial charge in [-0.15, -0.1) is 0 Å². The molecule has 7 unspecified atom stereocenters. The Morgan fingerprint density at radius 2 is 2.00 bits per heavy atom. The Hall–Kier alpha value is -0.380. The van der Waals surface area contributed by atoms with Crippen LogP contribution in [0.3, 0.4) is 0 Å². The van der Waals surface area contributed by atoms with Gasteiger partial charge in [0.1, 0.15) is 0 Å². The van der Waals surface area contributed by atoms with Gasteiger partial charge in [0, 0.05) is 12.5 Å². The fraction of sp³-hybridized carbons (Fsp3) is 0.900. The number of allylic oxidation sites excluding steroid dienone is 1. The maximum Gasteiger partial charge on any atom is 0.0709 e. The zero-order valence-corrected chi connectivity index (χ0v) is 15.1. The Morgan fingerprint density at radius 3 is 2.61 bits per heavy atom. The van der Waals surface area contributed by atoms with Gasteiger partial charge in [-0.1, -0.05) is 32.4 Å². The molecule has 132 valence electrons. The smallest absolute Gasteiger partial charge is 0.0709 e. The molecule has 0 aromatic carbocycles. The Kier molecular flexibility index (Phi) is 4.44. The van der Waals surface area contributed by atoms with Crippen molar-refractivity contribution in [2.75, 3.05) is 6.61 Å². The minimum absolute atomic E-state index is 0.118. The Labute approximate surface area is 140 Å². The molecule has 0 amide bonds. The van der Waals surface area contributed by atoms with E-state index in [0.29, 0.717) is 24.7 Å². The number of fused-ring (bicyclic) bond motifs is 2. The summed E-state index contributed by atoms with van der Waals surface area (Å²) in [6.07, 6.45) is 6.47. The van der Waals surface area contributed by atoms with Gasteiger partial charge in [-0.2, -0.15) is 0 Å². The van der Waals surface area contributed by atoms with Crippen molar-refractivity contribution >= 4 is 0 Å². The first kappa shape index (κ1) is 17.4. The Morgan fingerprint density at radius 1 is 1.30 bits per heavy atom. The van der Waals surface area contributed by atoms with Crippen LogP contribution in [-0.4, -0.2) is 33.6 Å². The molecule has 0 bridgehead atoms. The summed E-state index contributed by atoms with van der Waals surface area (Å²) in [6.45, 7) is 8.97. The van der Waals surface area contributed by atoms with Gasteiger partial charge in [0.2, 0.25) is 0 Å². The lowest BCUT2D eigenvalue weighted by atomic mass is 9.64. The van der Waals surface area contributed by atoms with E-state index in [2.05, 4.69) is 26.8 Å². The minimum atomic E-state index is -0.882. The lowest BCUT2D eigenvalue weighted by Crippen LogP contribution is -2.45. The van der Waals surface area contributed by atoms with E-state index in [1.54, 1.807) is 0 Å². The van der Waals surface area contributed by atoms with E-state index in [9.17, 15) is 15.3 Å². The zero-order valence-electron chi connectivity index (χ0n) is 15.1. The second kappa shape index (κ2) is 5.86. The highest BCUT2D eigenvalue weighted by atomic mass is 16.3. The van der Waals surface area contributed by atoms with Crippen molar-refractivity contribution in [1.82, 2.24) is 0 Å². The van der Waals surface area contributed by atoms with Gasteiger partial charge >= 0.3 is 0 Å². The first-order valence-electron chi connectivity index (χ1n) is 9.41. The van der Waals surface area contributed by atoms with E-state index in [0.717, 1.165) is 6.42 Å². The van der Waals surface area contributed by atoms with E-state index >= 15 is 0 Å². The topological polar surface area (TPSA) is 60.7 Å². The SMILES string of the molecule is CC(C)C1CCC2(C)CC3C(CO)CC(O)C3C(C)(O)CC=C12. The van der Waals surface area contributed by atoms with Crippen LogP contribution in [0, 0.1) is 35.0 Å².